The Balaban J connectivity index is 1.73. The Bertz CT molecular complexity index is 485. The van der Waals surface area contributed by atoms with Crippen molar-refractivity contribution in [2.75, 3.05) is 45.2 Å². The van der Waals surface area contributed by atoms with Crippen molar-refractivity contribution in [1.29, 1.82) is 0 Å². The summed E-state index contributed by atoms with van der Waals surface area (Å²) in [7, 11) is 1.63. The predicted octanol–water partition coefficient (Wildman–Crippen LogP) is 0.798. The lowest BCUT2D eigenvalue weighted by atomic mass is 10.2. The molecule has 1 aromatic carbocycles. The lowest BCUT2D eigenvalue weighted by Gasteiger charge is -2.32. The molecular weight excluding hydrogens is 270 g/mol. The number of rotatable bonds is 6. The normalized spacial score (nSPS) is 14.7. The Labute approximate surface area is 124 Å². The van der Waals surface area contributed by atoms with Gasteiger partial charge in [-0.15, -0.1) is 0 Å². The fourth-order valence-corrected chi connectivity index (χ4v) is 2.28. The Morgan fingerprint density at radius 1 is 1.33 bits per heavy atom. The molecule has 1 aromatic rings. The molecule has 6 nitrogen and oxygen atoms in total. The van der Waals surface area contributed by atoms with Crippen LogP contribution in [0.5, 0.6) is 5.75 Å². The van der Waals surface area contributed by atoms with Gasteiger partial charge in [0.25, 0.3) is 0 Å². The first-order valence-corrected chi connectivity index (χ1v) is 7.08. The lowest BCUT2D eigenvalue weighted by Crippen LogP contribution is -2.48. The largest absolute Gasteiger partial charge is 0.497 e. The maximum Gasteiger partial charge on any atom is 0.224 e. The number of hydrogen-bond acceptors (Lipinski definition) is 4. The van der Waals surface area contributed by atoms with Crippen molar-refractivity contribution in [2.24, 2.45) is 0 Å². The lowest BCUT2D eigenvalue weighted by molar-refractivity contribution is -0.134. The molecule has 0 saturated carbocycles. The van der Waals surface area contributed by atoms with Gasteiger partial charge in [0, 0.05) is 50.9 Å². The first-order chi connectivity index (χ1) is 10.2. The number of hydrogen-bond donors (Lipinski definition) is 1. The molecule has 0 spiro atoms. The second-order valence-corrected chi connectivity index (χ2v) is 4.93. The van der Waals surface area contributed by atoms with E-state index in [0.717, 1.165) is 17.8 Å². The van der Waals surface area contributed by atoms with E-state index in [-0.39, 0.29) is 5.91 Å². The minimum Gasteiger partial charge on any atom is -0.497 e. The van der Waals surface area contributed by atoms with E-state index in [2.05, 4.69) is 5.32 Å². The summed E-state index contributed by atoms with van der Waals surface area (Å²) in [5.41, 5.74) is 0.938. The van der Waals surface area contributed by atoms with E-state index in [1.807, 2.05) is 29.2 Å². The molecule has 1 heterocycles. The van der Waals surface area contributed by atoms with Crippen LogP contribution < -0.4 is 10.1 Å². The highest BCUT2D eigenvalue weighted by Gasteiger charge is 2.19. The smallest absolute Gasteiger partial charge is 0.224 e. The third-order valence-corrected chi connectivity index (χ3v) is 3.55. The second kappa shape index (κ2) is 7.52. The third-order valence-electron chi connectivity index (χ3n) is 3.55. The van der Waals surface area contributed by atoms with Gasteiger partial charge in [-0.2, -0.15) is 0 Å². The van der Waals surface area contributed by atoms with Crippen LogP contribution in [-0.4, -0.2) is 62.0 Å². The number of carbonyl (C=O) groups excluding carboxylic acids is 2. The van der Waals surface area contributed by atoms with Crippen LogP contribution in [0.1, 0.15) is 6.42 Å². The van der Waals surface area contributed by atoms with Crippen LogP contribution >= 0.6 is 0 Å². The molecule has 2 rings (SSSR count). The molecule has 0 bridgehead atoms. The highest BCUT2D eigenvalue weighted by molar-refractivity contribution is 5.77. The fourth-order valence-electron chi connectivity index (χ4n) is 2.28. The van der Waals surface area contributed by atoms with Gasteiger partial charge in [-0.1, -0.05) is 6.07 Å². The molecule has 1 aliphatic rings. The number of carbonyl (C=O) groups is 2. The summed E-state index contributed by atoms with van der Waals surface area (Å²) in [6, 6.07) is 7.62. The van der Waals surface area contributed by atoms with Crippen LogP contribution in [0, 0.1) is 0 Å². The monoisotopic (exact) mass is 291 g/mol. The van der Waals surface area contributed by atoms with Crippen molar-refractivity contribution in [2.45, 2.75) is 6.42 Å². The van der Waals surface area contributed by atoms with E-state index < -0.39 is 0 Å². The van der Waals surface area contributed by atoms with Gasteiger partial charge in [0.05, 0.1) is 7.11 Å². The molecule has 1 N–H and O–H groups in total. The highest BCUT2D eigenvalue weighted by atomic mass is 16.5. The van der Waals surface area contributed by atoms with Crippen molar-refractivity contribution >= 4 is 18.0 Å². The first kappa shape index (κ1) is 15.2. The fraction of sp³-hybridized carbons (Fsp3) is 0.467. The maximum atomic E-state index is 12.1. The highest BCUT2D eigenvalue weighted by Crippen LogP contribution is 2.16. The third kappa shape index (κ3) is 4.37. The number of nitrogens with zero attached hydrogens (tertiary/aromatic N) is 2. The zero-order valence-corrected chi connectivity index (χ0v) is 12.2. The molecule has 0 unspecified atom stereocenters. The molecule has 6 heteroatoms. The molecule has 0 atom stereocenters. The molecule has 0 aromatic heterocycles. The van der Waals surface area contributed by atoms with Crippen molar-refractivity contribution in [3.05, 3.63) is 24.3 Å². The molecule has 2 amide bonds. The van der Waals surface area contributed by atoms with Crippen LogP contribution in [0.15, 0.2) is 24.3 Å². The van der Waals surface area contributed by atoms with Gasteiger partial charge in [-0.25, -0.2) is 0 Å². The van der Waals surface area contributed by atoms with E-state index in [1.165, 1.54) is 0 Å². The average molecular weight is 291 g/mol. The van der Waals surface area contributed by atoms with Gasteiger partial charge in [0.1, 0.15) is 5.75 Å². The molecule has 114 valence electrons. The van der Waals surface area contributed by atoms with Crippen molar-refractivity contribution in [3.8, 4) is 5.75 Å². The van der Waals surface area contributed by atoms with E-state index in [0.29, 0.717) is 39.1 Å². The van der Waals surface area contributed by atoms with E-state index >= 15 is 0 Å². The van der Waals surface area contributed by atoms with Crippen LogP contribution in [0.4, 0.5) is 5.69 Å². The quantitative estimate of drug-likeness (QED) is 0.788. The molecule has 1 aliphatic heterocycles. The molecule has 21 heavy (non-hydrogen) atoms. The minimum atomic E-state index is 0.121. The zero-order chi connectivity index (χ0) is 15.1. The second-order valence-electron chi connectivity index (χ2n) is 4.93. The van der Waals surface area contributed by atoms with E-state index in [9.17, 15) is 9.59 Å². The van der Waals surface area contributed by atoms with Crippen molar-refractivity contribution < 1.29 is 14.3 Å². The molecule has 0 aliphatic carbocycles. The van der Waals surface area contributed by atoms with Gasteiger partial charge in [-0.05, 0) is 12.1 Å². The SMILES string of the molecule is COc1cccc(NCCC(=O)N2CCN(C=O)CC2)c1. The number of methoxy groups -OCH3 is 1. The zero-order valence-electron chi connectivity index (χ0n) is 12.2. The number of anilines is 1. The summed E-state index contributed by atoms with van der Waals surface area (Å²) in [5, 5.41) is 3.22. The van der Waals surface area contributed by atoms with Crippen LogP contribution in [0.2, 0.25) is 0 Å². The Hall–Kier alpha value is -2.24. The Morgan fingerprint density at radius 3 is 2.76 bits per heavy atom. The number of ether oxygens (including phenoxy) is 1. The summed E-state index contributed by atoms with van der Waals surface area (Å²) in [6.07, 6.45) is 1.28. The van der Waals surface area contributed by atoms with Gasteiger partial charge < -0.3 is 19.9 Å². The summed E-state index contributed by atoms with van der Waals surface area (Å²) < 4.78 is 5.15. The Kier molecular flexibility index (Phi) is 5.43. The van der Waals surface area contributed by atoms with E-state index in [4.69, 9.17) is 4.74 Å². The van der Waals surface area contributed by atoms with Crippen molar-refractivity contribution in [1.82, 2.24) is 9.80 Å². The number of amides is 2. The van der Waals surface area contributed by atoms with Gasteiger partial charge >= 0.3 is 0 Å². The molecular formula is C15H21N3O3. The maximum absolute atomic E-state index is 12.1. The van der Waals surface area contributed by atoms with Crippen LogP contribution in [0.25, 0.3) is 0 Å². The standard InChI is InChI=1S/C15H21N3O3/c1-21-14-4-2-3-13(11-14)16-6-5-15(20)18-9-7-17(12-19)8-10-18/h2-4,11-12,16H,5-10H2,1H3. The summed E-state index contributed by atoms with van der Waals surface area (Å²) in [6.45, 7) is 3.07. The number of piperazine rings is 1. The van der Waals surface area contributed by atoms with Crippen LogP contribution in [-0.2, 0) is 9.59 Å². The topological polar surface area (TPSA) is 61.9 Å². The van der Waals surface area contributed by atoms with Crippen molar-refractivity contribution in [3.63, 3.8) is 0 Å². The van der Waals surface area contributed by atoms with Crippen LogP contribution in [0.3, 0.4) is 0 Å². The number of benzene rings is 1. The molecule has 1 saturated heterocycles. The number of nitrogens with one attached hydrogen (secondary N) is 1. The van der Waals surface area contributed by atoms with Gasteiger partial charge in [0.2, 0.25) is 12.3 Å². The Morgan fingerprint density at radius 2 is 2.10 bits per heavy atom. The van der Waals surface area contributed by atoms with Gasteiger partial charge in [0.15, 0.2) is 0 Å². The predicted molar refractivity (Wildman–Crippen MR) is 80.3 cm³/mol. The summed E-state index contributed by atoms with van der Waals surface area (Å²) >= 11 is 0. The van der Waals surface area contributed by atoms with E-state index in [1.54, 1.807) is 12.0 Å². The molecule has 1 fully saturated rings. The summed E-state index contributed by atoms with van der Waals surface area (Å²) in [5.74, 6) is 0.909. The minimum absolute atomic E-state index is 0.121. The first-order valence-electron chi connectivity index (χ1n) is 7.08. The summed E-state index contributed by atoms with van der Waals surface area (Å²) in [4.78, 5) is 26.2. The molecule has 0 radical (unpaired) electrons. The van der Waals surface area contributed by atoms with Gasteiger partial charge in [-0.3, -0.25) is 9.59 Å². The average Bonchev–Trinajstić information content (AvgIpc) is 2.55.